The van der Waals surface area contributed by atoms with Crippen LogP contribution in [0.25, 0.3) is 0 Å². The van der Waals surface area contributed by atoms with Crippen molar-refractivity contribution in [2.75, 3.05) is 0 Å². The lowest BCUT2D eigenvalue weighted by Crippen LogP contribution is -2.29. The molecule has 0 aliphatic carbocycles. The van der Waals surface area contributed by atoms with Crippen LogP contribution in [0, 0.1) is 11.2 Å². The van der Waals surface area contributed by atoms with Gasteiger partial charge in [0.15, 0.2) is 0 Å². The number of rotatable bonds is 3. The minimum Gasteiger partial charge on any atom is -0.471 e. The summed E-state index contributed by atoms with van der Waals surface area (Å²) < 4.78 is 15.4. The molecule has 0 unspecified atom stereocenters. The molecular weight excluding hydrogens is 291 g/mol. The minimum absolute atomic E-state index is 0.150. The first-order valence-corrected chi connectivity index (χ1v) is 5.51. The van der Waals surface area contributed by atoms with Crippen molar-refractivity contribution < 1.29 is 13.9 Å². The van der Waals surface area contributed by atoms with Gasteiger partial charge in [-0.2, -0.15) is 0 Å². The molecule has 17 heavy (non-hydrogen) atoms. The maximum Gasteiger partial charge on any atom is 0.267 e. The first-order valence-electron chi connectivity index (χ1n) is 4.38. The number of ether oxygens (including phenoxy) is 1. The number of hydrogen-bond donors (Lipinski definition) is 1. The average Bonchev–Trinajstić information content (AvgIpc) is 2.23. The fraction of sp³-hybridized carbons (Fsp3) is 0.200. The standard InChI is InChI=1S/C10H7Cl3FNO2/c11-10(12,13)8(16)9(15)17-5-6-2-1-3-7(14)4-6/h1-4,15H,5H2. The van der Waals surface area contributed by atoms with Crippen LogP contribution in [0.15, 0.2) is 24.3 Å². The monoisotopic (exact) mass is 297 g/mol. The lowest BCUT2D eigenvalue weighted by atomic mass is 10.2. The first-order chi connectivity index (χ1) is 7.80. The van der Waals surface area contributed by atoms with Crippen molar-refractivity contribution in [2.45, 2.75) is 10.4 Å². The molecule has 1 aromatic rings. The highest BCUT2D eigenvalue weighted by molar-refractivity contribution is 6.81. The molecule has 0 aliphatic rings. The Morgan fingerprint density at radius 1 is 1.41 bits per heavy atom. The number of halogens is 4. The van der Waals surface area contributed by atoms with E-state index in [1.165, 1.54) is 18.2 Å². The molecule has 0 bridgehead atoms. The number of ketones is 1. The molecule has 0 aromatic heterocycles. The fourth-order valence-corrected chi connectivity index (χ4v) is 1.23. The Morgan fingerprint density at radius 2 is 2.06 bits per heavy atom. The lowest BCUT2D eigenvalue weighted by molar-refractivity contribution is -0.113. The predicted molar refractivity (Wildman–Crippen MR) is 64.2 cm³/mol. The summed E-state index contributed by atoms with van der Waals surface area (Å²) in [5.74, 6) is -2.29. The van der Waals surface area contributed by atoms with Gasteiger partial charge in [-0.3, -0.25) is 10.2 Å². The van der Waals surface area contributed by atoms with Crippen LogP contribution in [-0.4, -0.2) is 15.5 Å². The third kappa shape index (κ3) is 4.50. The van der Waals surface area contributed by atoms with Gasteiger partial charge in [-0.25, -0.2) is 4.39 Å². The van der Waals surface area contributed by atoms with Crippen molar-refractivity contribution >= 4 is 46.5 Å². The molecule has 0 atom stereocenters. The van der Waals surface area contributed by atoms with Crippen LogP contribution < -0.4 is 0 Å². The normalized spacial score (nSPS) is 11.1. The molecule has 1 aromatic carbocycles. The maximum atomic E-state index is 12.8. The smallest absolute Gasteiger partial charge is 0.267 e. The van der Waals surface area contributed by atoms with Gasteiger partial charge in [0.2, 0.25) is 0 Å². The van der Waals surface area contributed by atoms with E-state index in [4.69, 9.17) is 44.9 Å². The highest BCUT2D eigenvalue weighted by atomic mass is 35.6. The summed E-state index contributed by atoms with van der Waals surface area (Å²) in [6, 6.07) is 5.54. The van der Waals surface area contributed by atoms with Crippen molar-refractivity contribution in [3.63, 3.8) is 0 Å². The third-order valence-electron chi connectivity index (χ3n) is 1.74. The van der Waals surface area contributed by atoms with E-state index in [1.807, 2.05) is 0 Å². The number of carbonyl (C=O) groups excluding carboxylic acids is 1. The summed E-state index contributed by atoms with van der Waals surface area (Å²) in [5, 5.41) is 7.23. The highest BCUT2D eigenvalue weighted by Gasteiger charge is 2.35. The maximum absolute atomic E-state index is 12.8. The van der Waals surface area contributed by atoms with Gasteiger partial charge < -0.3 is 4.74 Å². The summed E-state index contributed by atoms with van der Waals surface area (Å²) >= 11 is 15.9. The number of Topliss-reactive ketones (excluding diaryl/α,β-unsaturated/α-hetero) is 1. The molecule has 7 heteroatoms. The molecule has 0 heterocycles. The molecule has 0 spiro atoms. The Kier molecular flexibility index (Phi) is 4.74. The van der Waals surface area contributed by atoms with Crippen molar-refractivity contribution in [1.29, 1.82) is 5.41 Å². The zero-order valence-corrected chi connectivity index (χ0v) is 10.6. The lowest BCUT2D eigenvalue weighted by Gasteiger charge is -2.11. The zero-order valence-electron chi connectivity index (χ0n) is 8.34. The van der Waals surface area contributed by atoms with Crippen LogP contribution in [0.2, 0.25) is 0 Å². The van der Waals surface area contributed by atoms with Gasteiger partial charge in [0.1, 0.15) is 12.4 Å². The van der Waals surface area contributed by atoms with E-state index in [1.54, 1.807) is 6.07 Å². The Bertz CT molecular complexity index is 445. The van der Waals surface area contributed by atoms with Crippen LogP contribution in [0.1, 0.15) is 5.56 Å². The van der Waals surface area contributed by atoms with E-state index in [0.29, 0.717) is 5.56 Å². The largest absolute Gasteiger partial charge is 0.471 e. The molecule has 92 valence electrons. The highest BCUT2D eigenvalue weighted by Crippen LogP contribution is 2.27. The molecule has 0 saturated heterocycles. The van der Waals surface area contributed by atoms with Gasteiger partial charge in [0.05, 0.1) is 0 Å². The van der Waals surface area contributed by atoms with Gasteiger partial charge in [0.25, 0.3) is 15.5 Å². The number of alkyl halides is 3. The SMILES string of the molecule is N=C(OCc1cccc(F)c1)C(=O)C(Cl)(Cl)Cl. The molecule has 0 amide bonds. The number of nitrogens with one attached hydrogen (secondary N) is 1. The van der Waals surface area contributed by atoms with Gasteiger partial charge in [-0.1, -0.05) is 46.9 Å². The van der Waals surface area contributed by atoms with Crippen LogP contribution in [0.3, 0.4) is 0 Å². The van der Waals surface area contributed by atoms with E-state index < -0.39 is 21.3 Å². The second-order valence-corrected chi connectivity index (χ2v) is 5.36. The quantitative estimate of drug-likeness (QED) is 0.529. The molecule has 1 rings (SSSR count). The Morgan fingerprint density at radius 3 is 2.59 bits per heavy atom. The van der Waals surface area contributed by atoms with Crippen molar-refractivity contribution in [2.24, 2.45) is 0 Å². The number of hydrogen-bond acceptors (Lipinski definition) is 3. The third-order valence-corrected chi connectivity index (χ3v) is 2.25. The molecule has 1 N–H and O–H groups in total. The molecule has 0 fully saturated rings. The van der Waals surface area contributed by atoms with Crippen molar-refractivity contribution in [1.82, 2.24) is 0 Å². The second kappa shape index (κ2) is 5.67. The summed E-state index contributed by atoms with van der Waals surface area (Å²) in [7, 11) is 0. The Hall–Kier alpha value is -0.840. The minimum atomic E-state index is -2.22. The van der Waals surface area contributed by atoms with Gasteiger partial charge in [0, 0.05) is 0 Å². The zero-order chi connectivity index (χ0) is 13.1. The van der Waals surface area contributed by atoms with E-state index in [0.717, 1.165) is 0 Å². The summed E-state index contributed by atoms with van der Waals surface area (Å²) in [4.78, 5) is 11.2. The topological polar surface area (TPSA) is 50.1 Å². The molecule has 3 nitrogen and oxygen atoms in total. The van der Waals surface area contributed by atoms with Crippen molar-refractivity contribution in [3.8, 4) is 0 Å². The van der Waals surface area contributed by atoms with Gasteiger partial charge in [-0.15, -0.1) is 0 Å². The fourth-order valence-electron chi connectivity index (χ4n) is 0.977. The molecule has 0 radical (unpaired) electrons. The van der Waals surface area contributed by atoms with Gasteiger partial charge in [-0.05, 0) is 17.7 Å². The second-order valence-electron chi connectivity index (χ2n) is 3.07. The number of benzene rings is 1. The average molecular weight is 299 g/mol. The van der Waals surface area contributed by atoms with Crippen LogP contribution in [0.4, 0.5) is 4.39 Å². The van der Waals surface area contributed by atoms with Crippen molar-refractivity contribution in [3.05, 3.63) is 35.6 Å². The molecular formula is C10H7Cl3FNO2. The Labute approximate surface area is 112 Å². The van der Waals surface area contributed by atoms with Crippen LogP contribution in [-0.2, 0) is 16.1 Å². The van der Waals surface area contributed by atoms with E-state index >= 15 is 0 Å². The summed E-state index contributed by atoms with van der Waals surface area (Å²) in [6.45, 7) is -0.150. The Balaban J connectivity index is 2.58. The van der Waals surface area contributed by atoms with Gasteiger partial charge >= 0.3 is 0 Å². The van der Waals surface area contributed by atoms with E-state index in [-0.39, 0.29) is 6.61 Å². The van der Waals surface area contributed by atoms with E-state index in [9.17, 15) is 9.18 Å². The molecule has 0 aliphatic heterocycles. The number of carbonyl (C=O) groups is 1. The van der Waals surface area contributed by atoms with E-state index in [2.05, 4.69) is 0 Å². The predicted octanol–water partition coefficient (Wildman–Crippen LogP) is 3.26. The summed E-state index contributed by atoms with van der Waals surface area (Å²) in [5.41, 5.74) is 0.465. The van der Waals surface area contributed by atoms with Crippen LogP contribution >= 0.6 is 34.8 Å². The molecule has 0 saturated carbocycles. The first kappa shape index (κ1) is 14.2. The van der Waals surface area contributed by atoms with Crippen LogP contribution in [0.5, 0.6) is 0 Å². The summed E-state index contributed by atoms with van der Waals surface area (Å²) in [6.07, 6.45) is 0.